The van der Waals surface area contributed by atoms with Gasteiger partial charge in [0, 0.05) is 19.2 Å². The Morgan fingerprint density at radius 1 is 1.41 bits per heavy atom. The lowest BCUT2D eigenvalue weighted by molar-refractivity contribution is 0.377. The molecule has 2 heterocycles. The Morgan fingerprint density at radius 2 is 2.18 bits per heavy atom. The average Bonchev–Trinajstić information content (AvgIpc) is 2.40. The fourth-order valence-electron chi connectivity index (χ4n) is 2.46. The summed E-state index contributed by atoms with van der Waals surface area (Å²) in [5.74, 6) is 7.89. The third-order valence-electron chi connectivity index (χ3n) is 3.44. The van der Waals surface area contributed by atoms with Gasteiger partial charge in [0.2, 0.25) is 0 Å². The van der Waals surface area contributed by atoms with Gasteiger partial charge in [-0.3, -0.25) is 0 Å². The van der Waals surface area contributed by atoms with E-state index in [4.69, 9.17) is 5.84 Å². The number of nitrogens with two attached hydrogens (primary N) is 1. The fourth-order valence-corrected chi connectivity index (χ4v) is 2.46. The van der Waals surface area contributed by atoms with Crippen molar-refractivity contribution in [2.75, 3.05) is 23.4 Å². The van der Waals surface area contributed by atoms with E-state index in [1.54, 1.807) is 6.33 Å². The summed E-state index contributed by atoms with van der Waals surface area (Å²) >= 11 is 0. The van der Waals surface area contributed by atoms with Crippen LogP contribution in [0.25, 0.3) is 0 Å². The average molecular weight is 235 g/mol. The summed E-state index contributed by atoms with van der Waals surface area (Å²) in [6.45, 7) is 4.44. The molecule has 0 aromatic carbocycles. The van der Waals surface area contributed by atoms with Crippen molar-refractivity contribution in [2.24, 2.45) is 11.8 Å². The Kier molecular flexibility index (Phi) is 4.14. The molecule has 0 spiro atoms. The third kappa shape index (κ3) is 3.06. The topological polar surface area (TPSA) is 67.1 Å². The van der Waals surface area contributed by atoms with E-state index in [1.165, 1.54) is 25.7 Å². The van der Waals surface area contributed by atoms with Crippen LogP contribution in [0.1, 0.15) is 32.6 Å². The lowest BCUT2D eigenvalue weighted by atomic mass is 9.92. The monoisotopic (exact) mass is 235 g/mol. The number of hydrogen-bond donors (Lipinski definition) is 2. The summed E-state index contributed by atoms with van der Waals surface area (Å²) in [6.07, 6.45) is 6.74. The largest absolute Gasteiger partial charge is 0.356 e. The van der Waals surface area contributed by atoms with E-state index < -0.39 is 0 Å². The maximum absolute atomic E-state index is 5.35. The number of hydrazine groups is 1. The SMILES string of the molecule is CCCC1CCN(c2cc(NN)ncn2)CC1. The highest BCUT2D eigenvalue weighted by molar-refractivity contribution is 5.47. The van der Waals surface area contributed by atoms with Gasteiger partial charge >= 0.3 is 0 Å². The minimum absolute atomic E-state index is 0.672. The van der Waals surface area contributed by atoms with Gasteiger partial charge in [0.05, 0.1) is 0 Å². The van der Waals surface area contributed by atoms with Gasteiger partial charge in [-0.25, -0.2) is 15.8 Å². The van der Waals surface area contributed by atoms with Gasteiger partial charge in [0.25, 0.3) is 0 Å². The molecule has 0 unspecified atom stereocenters. The molecule has 2 rings (SSSR count). The quantitative estimate of drug-likeness (QED) is 0.615. The molecule has 1 aromatic heterocycles. The number of rotatable bonds is 4. The molecule has 3 N–H and O–H groups in total. The smallest absolute Gasteiger partial charge is 0.145 e. The molecule has 5 nitrogen and oxygen atoms in total. The van der Waals surface area contributed by atoms with Crippen LogP contribution in [-0.4, -0.2) is 23.1 Å². The molecule has 94 valence electrons. The second kappa shape index (κ2) is 5.82. The molecule has 1 aromatic rings. The normalized spacial score (nSPS) is 17.2. The van der Waals surface area contributed by atoms with Gasteiger partial charge in [-0.1, -0.05) is 19.8 Å². The fraction of sp³-hybridized carbons (Fsp3) is 0.667. The second-order valence-corrected chi connectivity index (χ2v) is 4.62. The Bertz CT molecular complexity index is 347. The number of nitrogens with one attached hydrogen (secondary N) is 1. The van der Waals surface area contributed by atoms with Crippen LogP contribution >= 0.6 is 0 Å². The van der Waals surface area contributed by atoms with Gasteiger partial charge in [0.15, 0.2) is 0 Å². The van der Waals surface area contributed by atoms with Gasteiger partial charge in [0.1, 0.15) is 18.0 Å². The molecule has 1 aliphatic heterocycles. The molecule has 17 heavy (non-hydrogen) atoms. The van der Waals surface area contributed by atoms with E-state index in [0.717, 1.165) is 24.8 Å². The minimum Gasteiger partial charge on any atom is -0.356 e. The highest BCUT2D eigenvalue weighted by Gasteiger charge is 2.19. The van der Waals surface area contributed by atoms with E-state index in [9.17, 15) is 0 Å². The van der Waals surface area contributed by atoms with E-state index in [-0.39, 0.29) is 0 Å². The first-order valence-corrected chi connectivity index (χ1v) is 6.37. The van der Waals surface area contributed by atoms with E-state index >= 15 is 0 Å². The number of aromatic nitrogens is 2. The first-order valence-electron chi connectivity index (χ1n) is 6.37. The van der Waals surface area contributed by atoms with Gasteiger partial charge < -0.3 is 10.3 Å². The molecule has 1 aliphatic rings. The molecule has 5 heteroatoms. The van der Waals surface area contributed by atoms with E-state index in [1.807, 2.05) is 6.07 Å². The molecule has 1 saturated heterocycles. The van der Waals surface area contributed by atoms with Crippen LogP contribution in [0.3, 0.4) is 0 Å². The van der Waals surface area contributed by atoms with Crippen molar-refractivity contribution < 1.29 is 0 Å². The molecular formula is C12H21N5. The van der Waals surface area contributed by atoms with Crippen molar-refractivity contribution in [3.63, 3.8) is 0 Å². The predicted molar refractivity (Wildman–Crippen MR) is 69.7 cm³/mol. The molecule has 0 atom stereocenters. The highest BCUT2D eigenvalue weighted by atomic mass is 15.3. The molecule has 0 saturated carbocycles. The molecule has 0 radical (unpaired) electrons. The Hall–Kier alpha value is -1.36. The summed E-state index contributed by atoms with van der Waals surface area (Å²) in [5.41, 5.74) is 2.56. The Labute approximate surface area is 102 Å². The Balaban J connectivity index is 1.95. The number of nitrogens with zero attached hydrogens (tertiary/aromatic N) is 3. The number of nitrogen functional groups attached to an aromatic ring is 1. The van der Waals surface area contributed by atoms with Crippen molar-refractivity contribution >= 4 is 11.6 Å². The summed E-state index contributed by atoms with van der Waals surface area (Å²) < 4.78 is 0. The summed E-state index contributed by atoms with van der Waals surface area (Å²) in [6, 6.07) is 1.90. The van der Waals surface area contributed by atoms with Crippen LogP contribution in [0.5, 0.6) is 0 Å². The van der Waals surface area contributed by atoms with Crippen molar-refractivity contribution in [3.8, 4) is 0 Å². The Morgan fingerprint density at radius 3 is 2.82 bits per heavy atom. The number of hydrogen-bond acceptors (Lipinski definition) is 5. The summed E-state index contributed by atoms with van der Waals surface area (Å²) in [4.78, 5) is 10.6. The summed E-state index contributed by atoms with van der Waals surface area (Å²) in [5, 5.41) is 0. The number of piperidine rings is 1. The van der Waals surface area contributed by atoms with Crippen molar-refractivity contribution in [2.45, 2.75) is 32.6 Å². The van der Waals surface area contributed by atoms with Crippen LogP contribution < -0.4 is 16.2 Å². The zero-order valence-electron chi connectivity index (χ0n) is 10.4. The van der Waals surface area contributed by atoms with Crippen molar-refractivity contribution in [1.29, 1.82) is 0 Å². The zero-order chi connectivity index (χ0) is 12.1. The lowest BCUT2D eigenvalue weighted by Crippen LogP contribution is -2.34. The predicted octanol–water partition coefficient (Wildman–Crippen LogP) is 1.78. The van der Waals surface area contributed by atoms with Crippen LogP contribution in [-0.2, 0) is 0 Å². The molecule has 1 fully saturated rings. The van der Waals surface area contributed by atoms with Gasteiger partial charge in [-0.2, -0.15) is 0 Å². The second-order valence-electron chi connectivity index (χ2n) is 4.62. The molecule has 0 amide bonds. The standard InChI is InChI=1S/C12H21N5/c1-2-3-10-4-6-17(7-5-10)12-8-11(16-13)14-9-15-12/h8-10H,2-7,13H2,1H3,(H,14,15,16). The van der Waals surface area contributed by atoms with Crippen molar-refractivity contribution in [3.05, 3.63) is 12.4 Å². The highest BCUT2D eigenvalue weighted by Crippen LogP contribution is 2.25. The maximum atomic E-state index is 5.35. The van der Waals surface area contributed by atoms with Crippen LogP contribution in [0.4, 0.5) is 11.6 Å². The zero-order valence-corrected chi connectivity index (χ0v) is 10.4. The van der Waals surface area contributed by atoms with Crippen LogP contribution in [0.2, 0.25) is 0 Å². The molecular weight excluding hydrogens is 214 g/mol. The first-order chi connectivity index (χ1) is 8.33. The first kappa shape index (κ1) is 12.1. The third-order valence-corrected chi connectivity index (χ3v) is 3.44. The minimum atomic E-state index is 0.672. The molecule has 0 aliphatic carbocycles. The van der Waals surface area contributed by atoms with E-state index in [0.29, 0.717) is 5.82 Å². The van der Waals surface area contributed by atoms with Crippen LogP contribution in [0, 0.1) is 5.92 Å². The summed E-state index contributed by atoms with van der Waals surface area (Å²) in [7, 11) is 0. The lowest BCUT2D eigenvalue weighted by Gasteiger charge is -2.32. The van der Waals surface area contributed by atoms with Crippen LogP contribution in [0.15, 0.2) is 12.4 Å². The van der Waals surface area contributed by atoms with E-state index in [2.05, 4.69) is 27.2 Å². The molecule has 0 bridgehead atoms. The van der Waals surface area contributed by atoms with Gasteiger partial charge in [-0.05, 0) is 18.8 Å². The van der Waals surface area contributed by atoms with Crippen molar-refractivity contribution in [1.82, 2.24) is 9.97 Å². The maximum Gasteiger partial charge on any atom is 0.145 e. The van der Waals surface area contributed by atoms with Gasteiger partial charge in [-0.15, -0.1) is 0 Å². The number of anilines is 2.